The number of anilines is 1. The zero-order valence-electron chi connectivity index (χ0n) is 10.2. The molecule has 0 spiro atoms. The second kappa shape index (κ2) is 4.28. The van der Waals surface area contributed by atoms with Crippen LogP contribution in [0.15, 0.2) is 12.3 Å². The van der Waals surface area contributed by atoms with Crippen LogP contribution in [0.5, 0.6) is 5.88 Å². The van der Waals surface area contributed by atoms with Crippen molar-refractivity contribution < 1.29 is 4.74 Å². The molecule has 1 aliphatic rings. The lowest BCUT2D eigenvalue weighted by molar-refractivity contribution is 0.326. The molecule has 2 rings (SSSR count). The molecule has 1 N–H and O–H groups in total. The van der Waals surface area contributed by atoms with Gasteiger partial charge in [0.2, 0.25) is 11.8 Å². The van der Waals surface area contributed by atoms with Crippen LogP contribution in [0.1, 0.15) is 27.2 Å². The summed E-state index contributed by atoms with van der Waals surface area (Å²) in [6, 6.07) is 1.77. The number of nitrogens with zero attached hydrogens (tertiary/aromatic N) is 2. The second-order valence-corrected chi connectivity index (χ2v) is 4.92. The van der Waals surface area contributed by atoms with E-state index < -0.39 is 0 Å². The third-order valence-corrected chi connectivity index (χ3v) is 3.15. The van der Waals surface area contributed by atoms with Gasteiger partial charge in [0.1, 0.15) is 0 Å². The monoisotopic (exact) mass is 221 g/mol. The van der Waals surface area contributed by atoms with Gasteiger partial charge in [-0.15, -0.1) is 0 Å². The molecule has 4 heteroatoms. The Morgan fingerprint density at radius 3 is 2.94 bits per heavy atom. The smallest absolute Gasteiger partial charge is 0.225 e. The van der Waals surface area contributed by atoms with Crippen molar-refractivity contribution in [2.24, 2.45) is 11.3 Å². The maximum absolute atomic E-state index is 5.32. The fourth-order valence-electron chi connectivity index (χ4n) is 1.79. The van der Waals surface area contributed by atoms with Crippen LogP contribution in [-0.2, 0) is 0 Å². The van der Waals surface area contributed by atoms with E-state index >= 15 is 0 Å². The van der Waals surface area contributed by atoms with Crippen LogP contribution in [-0.4, -0.2) is 23.1 Å². The average Bonchev–Trinajstić information content (AvgIpc) is 2.85. The van der Waals surface area contributed by atoms with Crippen LogP contribution in [0, 0.1) is 11.3 Å². The number of aromatic nitrogens is 2. The third-order valence-electron chi connectivity index (χ3n) is 3.15. The normalized spacial score (nSPS) is 21.6. The number of ether oxygens (including phenoxy) is 1. The molecule has 0 aliphatic heterocycles. The predicted molar refractivity (Wildman–Crippen MR) is 63.6 cm³/mol. The molecule has 0 aromatic carbocycles. The summed E-state index contributed by atoms with van der Waals surface area (Å²) in [5, 5.41) is 3.26. The van der Waals surface area contributed by atoms with Crippen molar-refractivity contribution in [3.05, 3.63) is 12.3 Å². The maximum Gasteiger partial charge on any atom is 0.225 e. The summed E-state index contributed by atoms with van der Waals surface area (Å²) in [7, 11) is 0. The topological polar surface area (TPSA) is 47.0 Å². The van der Waals surface area contributed by atoms with Gasteiger partial charge in [0, 0.05) is 18.8 Å². The Morgan fingerprint density at radius 2 is 2.31 bits per heavy atom. The van der Waals surface area contributed by atoms with Gasteiger partial charge >= 0.3 is 0 Å². The lowest BCUT2D eigenvalue weighted by atomic mass is 10.1. The fourth-order valence-corrected chi connectivity index (χ4v) is 1.79. The minimum atomic E-state index is 0.491. The van der Waals surface area contributed by atoms with Gasteiger partial charge in [-0.1, -0.05) is 13.8 Å². The molecule has 4 nitrogen and oxygen atoms in total. The molecule has 1 fully saturated rings. The van der Waals surface area contributed by atoms with Crippen LogP contribution in [0.4, 0.5) is 5.95 Å². The van der Waals surface area contributed by atoms with E-state index in [-0.39, 0.29) is 0 Å². The molecule has 1 aliphatic carbocycles. The van der Waals surface area contributed by atoms with Crippen LogP contribution >= 0.6 is 0 Å². The number of nitrogens with one attached hydrogen (secondary N) is 1. The Hall–Kier alpha value is -1.32. The first-order valence-electron chi connectivity index (χ1n) is 5.81. The lowest BCUT2D eigenvalue weighted by Crippen LogP contribution is -2.10. The van der Waals surface area contributed by atoms with E-state index in [2.05, 4.69) is 29.1 Å². The quantitative estimate of drug-likeness (QED) is 0.829. The summed E-state index contributed by atoms with van der Waals surface area (Å²) in [6.07, 6.45) is 3.00. The summed E-state index contributed by atoms with van der Waals surface area (Å²) in [4.78, 5) is 8.43. The Kier molecular flexibility index (Phi) is 2.99. The Labute approximate surface area is 96.4 Å². The molecule has 1 aromatic heterocycles. The van der Waals surface area contributed by atoms with Crippen LogP contribution < -0.4 is 10.1 Å². The number of rotatable bonds is 5. The van der Waals surface area contributed by atoms with Gasteiger partial charge < -0.3 is 10.1 Å². The fraction of sp³-hybridized carbons (Fsp3) is 0.667. The van der Waals surface area contributed by atoms with E-state index in [4.69, 9.17) is 4.74 Å². The summed E-state index contributed by atoms with van der Waals surface area (Å²) in [5.74, 6) is 2.04. The molecule has 88 valence electrons. The van der Waals surface area contributed by atoms with Gasteiger partial charge in [0.25, 0.3) is 0 Å². The molecule has 1 saturated carbocycles. The highest BCUT2D eigenvalue weighted by molar-refractivity contribution is 5.28. The van der Waals surface area contributed by atoms with E-state index in [1.807, 2.05) is 6.92 Å². The van der Waals surface area contributed by atoms with E-state index in [1.165, 1.54) is 6.42 Å². The molecule has 1 heterocycles. The second-order valence-electron chi connectivity index (χ2n) is 4.92. The minimum absolute atomic E-state index is 0.491. The summed E-state index contributed by atoms with van der Waals surface area (Å²) >= 11 is 0. The molecule has 0 bridgehead atoms. The van der Waals surface area contributed by atoms with Crippen molar-refractivity contribution >= 4 is 5.95 Å². The van der Waals surface area contributed by atoms with Crippen LogP contribution in [0.25, 0.3) is 0 Å². The number of hydrogen-bond donors (Lipinski definition) is 1. The van der Waals surface area contributed by atoms with E-state index in [0.29, 0.717) is 23.9 Å². The van der Waals surface area contributed by atoms with Crippen LogP contribution in [0.2, 0.25) is 0 Å². The van der Waals surface area contributed by atoms with Gasteiger partial charge in [0.15, 0.2) is 0 Å². The molecule has 0 saturated heterocycles. The van der Waals surface area contributed by atoms with Gasteiger partial charge in [-0.2, -0.15) is 4.98 Å². The lowest BCUT2D eigenvalue weighted by Gasteiger charge is -2.07. The van der Waals surface area contributed by atoms with Crippen molar-refractivity contribution in [1.29, 1.82) is 0 Å². The molecule has 1 aromatic rings. The summed E-state index contributed by atoms with van der Waals surface area (Å²) in [6.45, 7) is 8.10. The minimum Gasteiger partial charge on any atom is -0.478 e. The first kappa shape index (κ1) is 11.2. The average molecular weight is 221 g/mol. The third kappa shape index (κ3) is 2.62. The summed E-state index contributed by atoms with van der Waals surface area (Å²) in [5.41, 5.74) is 0.491. The van der Waals surface area contributed by atoms with Gasteiger partial charge in [-0.3, -0.25) is 0 Å². The molecule has 1 atom stereocenters. The molecular formula is C12H19N3O. The number of hydrogen-bond acceptors (Lipinski definition) is 4. The standard InChI is InChI=1S/C12H19N3O/c1-4-16-10-5-6-13-11(15-10)14-8-9-7-12(9,2)3/h5-6,9H,4,7-8H2,1-3H3,(H,13,14,15). The van der Waals surface area contributed by atoms with Crippen molar-refractivity contribution in [1.82, 2.24) is 9.97 Å². The molecule has 1 unspecified atom stereocenters. The zero-order valence-corrected chi connectivity index (χ0v) is 10.2. The Balaban J connectivity index is 1.87. The summed E-state index contributed by atoms with van der Waals surface area (Å²) < 4.78 is 5.32. The van der Waals surface area contributed by atoms with Gasteiger partial charge in [-0.05, 0) is 24.7 Å². The SMILES string of the molecule is CCOc1ccnc(NCC2CC2(C)C)n1. The highest BCUT2D eigenvalue weighted by Gasteiger charge is 2.45. The molecule has 0 radical (unpaired) electrons. The van der Waals surface area contributed by atoms with Crippen LogP contribution in [0.3, 0.4) is 0 Å². The highest BCUT2D eigenvalue weighted by Crippen LogP contribution is 2.51. The van der Waals surface area contributed by atoms with Crippen molar-refractivity contribution in [2.45, 2.75) is 27.2 Å². The van der Waals surface area contributed by atoms with E-state index in [1.54, 1.807) is 12.3 Å². The Bertz CT molecular complexity index is 365. The van der Waals surface area contributed by atoms with E-state index in [0.717, 1.165) is 12.5 Å². The first-order valence-corrected chi connectivity index (χ1v) is 5.81. The molecule has 0 amide bonds. The van der Waals surface area contributed by atoms with Gasteiger partial charge in [0.05, 0.1) is 6.61 Å². The maximum atomic E-state index is 5.32. The molecule has 16 heavy (non-hydrogen) atoms. The highest BCUT2D eigenvalue weighted by atomic mass is 16.5. The largest absolute Gasteiger partial charge is 0.478 e. The predicted octanol–water partition coefficient (Wildman–Crippen LogP) is 2.33. The first-order chi connectivity index (χ1) is 7.62. The zero-order chi connectivity index (χ0) is 11.6. The van der Waals surface area contributed by atoms with Crippen molar-refractivity contribution in [2.75, 3.05) is 18.5 Å². The van der Waals surface area contributed by atoms with Gasteiger partial charge in [-0.25, -0.2) is 4.98 Å². The van der Waals surface area contributed by atoms with Crippen molar-refractivity contribution in [3.8, 4) is 5.88 Å². The molecular weight excluding hydrogens is 202 g/mol. The van der Waals surface area contributed by atoms with Crippen molar-refractivity contribution in [3.63, 3.8) is 0 Å². The van der Waals surface area contributed by atoms with E-state index in [9.17, 15) is 0 Å². The Morgan fingerprint density at radius 1 is 1.56 bits per heavy atom.